The Morgan fingerprint density at radius 3 is 2.50 bits per heavy atom. The SMILES string of the molecule is Cc1ccccc1C(C)NC(=O)Nc1cc(F)ccc1OC(C)C. The predicted octanol–water partition coefficient (Wildman–Crippen LogP) is 4.80. The van der Waals surface area contributed by atoms with Gasteiger partial charge in [-0.15, -0.1) is 0 Å². The quantitative estimate of drug-likeness (QED) is 0.827. The van der Waals surface area contributed by atoms with Gasteiger partial charge in [0, 0.05) is 6.07 Å². The second kappa shape index (κ2) is 7.81. The highest BCUT2D eigenvalue weighted by molar-refractivity contribution is 5.91. The molecule has 1 atom stereocenters. The number of ether oxygens (including phenoxy) is 1. The van der Waals surface area contributed by atoms with Crippen LogP contribution in [-0.2, 0) is 0 Å². The second-order valence-corrected chi connectivity index (χ2v) is 5.98. The summed E-state index contributed by atoms with van der Waals surface area (Å²) in [5.41, 5.74) is 2.43. The van der Waals surface area contributed by atoms with E-state index in [0.29, 0.717) is 11.4 Å². The van der Waals surface area contributed by atoms with Crippen LogP contribution in [0.3, 0.4) is 0 Å². The number of anilines is 1. The molecule has 2 aromatic carbocycles. The zero-order valence-electron chi connectivity index (χ0n) is 14.4. The Morgan fingerprint density at radius 1 is 1.12 bits per heavy atom. The molecule has 128 valence electrons. The Labute approximate surface area is 142 Å². The van der Waals surface area contributed by atoms with Crippen LogP contribution >= 0.6 is 0 Å². The summed E-state index contributed by atoms with van der Waals surface area (Å²) in [7, 11) is 0. The molecule has 4 nitrogen and oxygen atoms in total. The van der Waals surface area contributed by atoms with Crippen LogP contribution in [-0.4, -0.2) is 12.1 Å². The van der Waals surface area contributed by atoms with Crippen LogP contribution in [0.1, 0.15) is 37.9 Å². The van der Waals surface area contributed by atoms with Crippen LogP contribution in [0.5, 0.6) is 5.75 Å². The molecule has 5 heteroatoms. The molecule has 0 radical (unpaired) electrons. The molecule has 0 saturated carbocycles. The topological polar surface area (TPSA) is 50.4 Å². The molecule has 0 heterocycles. The number of rotatable bonds is 5. The van der Waals surface area contributed by atoms with Gasteiger partial charge in [-0.05, 0) is 51.0 Å². The third kappa shape index (κ3) is 4.72. The van der Waals surface area contributed by atoms with E-state index in [2.05, 4.69) is 10.6 Å². The van der Waals surface area contributed by atoms with Crippen LogP contribution in [0.25, 0.3) is 0 Å². The highest BCUT2D eigenvalue weighted by atomic mass is 19.1. The average molecular weight is 330 g/mol. The van der Waals surface area contributed by atoms with Gasteiger partial charge >= 0.3 is 6.03 Å². The highest BCUT2D eigenvalue weighted by Crippen LogP contribution is 2.26. The number of halogens is 1. The molecule has 0 saturated heterocycles. The predicted molar refractivity (Wildman–Crippen MR) is 93.9 cm³/mol. The summed E-state index contributed by atoms with van der Waals surface area (Å²) < 4.78 is 19.1. The zero-order chi connectivity index (χ0) is 17.7. The Hall–Kier alpha value is -2.56. The van der Waals surface area contributed by atoms with E-state index in [1.807, 2.05) is 52.0 Å². The normalized spacial score (nSPS) is 11.9. The summed E-state index contributed by atoms with van der Waals surface area (Å²) >= 11 is 0. The van der Waals surface area contributed by atoms with Crippen molar-refractivity contribution in [1.29, 1.82) is 0 Å². The van der Waals surface area contributed by atoms with Crippen molar-refractivity contribution in [3.63, 3.8) is 0 Å². The fourth-order valence-corrected chi connectivity index (χ4v) is 2.46. The maximum absolute atomic E-state index is 13.5. The number of carbonyl (C=O) groups is 1. The fraction of sp³-hybridized carbons (Fsp3) is 0.316. The van der Waals surface area contributed by atoms with Gasteiger partial charge in [0.1, 0.15) is 11.6 Å². The number of nitrogens with one attached hydrogen (secondary N) is 2. The lowest BCUT2D eigenvalue weighted by atomic mass is 10.0. The number of carbonyl (C=O) groups excluding carboxylic acids is 1. The molecule has 24 heavy (non-hydrogen) atoms. The smallest absolute Gasteiger partial charge is 0.319 e. The molecule has 0 fully saturated rings. The van der Waals surface area contributed by atoms with Crippen molar-refractivity contribution in [2.75, 3.05) is 5.32 Å². The molecule has 0 spiro atoms. The van der Waals surface area contributed by atoms with Gasteiger partial charge in [-0.2, -0.15) is 0 Å². The number of amides is 2. The van der Waals surface area contributed by atoms with Crippen LogP contribution in [0.4, 0.5) is 14.9 Å². The number of aryl methyl sites for hydroxylation is 1. The van der Waals surface area contributed by atoms with E-state index in [0.717, 1.165) is 11.1 Å². The summed E-state index contributed by atoms with van der Waals surface area (Å²) in [6, 6.07) is 11.3. The van der Waals surface area contributed by atoms with Gasteiger partial charge in [0.2, 0.25) is 0 Å². The van der Waals surface area contributed by atoms with Crippen LogP contribution in [0, 0.1) is 12.7 Å². The fourth-order valence-electron chi connectivity index (χ4n) is 2.46. The first kappa shape index (κ1) is 17.8. The Bertz CT molecular complexity index is 716. The number of benzene rings is 2. The monoisotopic (exact) mass is 330 g/mol. The van der Waals surface area contributed by atoms with Gasteiger partial charge in [-0.3, -0.25) is 0 Å². The van der Waals surface area contributed by atoms with Crippen molar-refractivity contribution >= 4 is 11.7 Å². The molecule has 2 aromatic rings. The zero-order valence-corrected chi connectivity index (χ0v) is 14.4. The lowest BCUT2D eigenvalue weighted by Crippen LogP contribution is -2.31. The third-order valence-corrected chi connectivity index (χ3v) is 3.56. The van der Waals surface area contributed by atoms with Gasteiger partial charge in [-0.1, -0.05) is 24.3 Å². The molecular formula is C19H23FN2O2. The van der Waals surface area contributed by atoms with E-state index in [-0.39, 0.29) is 12.1 Å². The summed E-state index contributed by atoms with van der Waals surface area (Å²) in [4.78, 5) is 12.3. The molecule has 0 aromatic heterocycles. The van der Waals surface area contributed by atoms with Gasteiger partial charge in [-0.25, -0.2) is 9.18 Å². The van der Waals surface area contributed by atoms with Crippen molar-refractivity contribution in [3.8, 4) is 5.75 Å². The van der Waals surface area contributed by atoms with Gasteiger partial charge in [0.05, 0.1) is 17.8 Å². The number of hydrogen-bond acceptors (Lipinski definition) is 2. The van der Waals surface area contributed by atoms with Crippen molar-refractivity contribution in [2.24, 2.45) is 0 Å². The molecule has 0 aliphatic carbocycles. The Kier molecular flexibility index (Phi) is 5.79. The van der Waals surface area contributed by atoms with Crippen LogP contribution in [0.15, 0.2) is 42.5 Å². The minimum absolute atomic E-state index is 0.0787. The number of urea groups is 1. The highest BCUT2D eigenvalue weighted by Gasteiger charge is 2.14. The summed E-state index contributed by atoms with van der Waals surface area (Å²) in [5.74, 6) is -0.00143. The Morgan fingerprint density at radius 2 is 1.83 bits per heavy atom. The standard InChI is InChI=1S/C19H23FN2O2/c1-12(2)24-18-10-9-15(20)11-17(18)22-19(23)21-14(4)16-8-6-5-7-13(16)3/h5-12,14H,1-4H3,(H2,21,22,23). The maximum Gasteiger partial charge on any atom is 0.319 e. The van der Waals surface area contributed by atoms with Crippen molar-refractivity contribution in [3.05, 3.63) is 59.4 Å². The van der Waals surface area contributed by atoms with E-state index in [1.54, 1.807) is 0 Å². The molecule has 0 aliphatic rings. The van der Waals surface area contributed by atoms with Crippen molar-refractivity contribution < 1.29 is 13.9 Å². The van der Waals surface area contributed by atoms with Crippen LogP contribution in [0.2, 0.25) is 0 Å². The minimum Gasteiger partial charge on any atom is -0.489 e. The summed E-state index contributed by atoms with van der Waals surface area (Å²) in [5, 5.41) is 5.52. The molecule has 2 rings (SSSR count). The maximum atomic E-state index is 13.5. The summed E-state index contributed by atoms with van der Waals surface area (Å²) in [6.07, 6.45) is -0.0787. The van der Waals surface area contributed by atoms with Crippen LogP contribution < -0.4 is 15.4 Å². The van der Waals surface area contributed by atoms with E-state index < -0.39 is 11.8 Å². The van der Waals surface area contributed by atoms with Gasteiger partial charge < -0.3 is 15.4 Å². The van der Waals surface area contributed by atoms with Gasteiger partial charge in [0.25, 0.3) is 0 Å². The molecule has 1 unspecified atom stereocenters. The van der Waals surface area contributed by atoms with Crippen molar-refractivity contribution in [2.45, 2.75) is 39.8 Å². The largest absolute Gasteiger partial charge is 0.489 e. The van der Waals surface area contributed by atoms with Crippen molar-refractivity contribution in [1.82, 2.24) is 5.32 Å². The molecule has 0 bridgehead atoms. The van der Waals surface area contributed by atoms with E-state index in [9.17, 15) is 9.18 Å². The van der Waals surface area contributed by atoms with E-state index in [4.69, 9.17) is 4.74 Å². The first-order valence-corrected chi connectivity index (χ1v) is 7.96. The summed E-state index contributed by atoms with van der Waals surface area (Å²) in [6.45, 7) is 7.63. The first-order valence-electron chi connectivity index (χ1n) is 7.96. The minimum atomic E-state index is -0.437. The Balaban J connectivity index is 2.09. The molecular weight excluding hydrogens is 307 g/mol. The average Bonchev–Trinajstić information content (AvgIpc) is 2.50. The molecule has 0 aliphatic heterocycles. The molecule has 2 N–H and O–H groups in total. The first-order chi connectivity index (χ1) is 11.4. The van der Waals surface area contributed by atoms with E-state index in [1.165, 1.54) is 18.2 Å². The molecule has 2 amide bonds. The lowest BCUT2D eigenvalue weighted by Gasteiger charge is -2.19. The van der Waals surface area contributed by atoms with Gasteiger partial charge in [0.15, 0.2) is 0 Å². The number of hydrogen-bond donors (Lipinski definition) is 2. The third-order valence-electron chi connectivity index (χ3n) is 3.56. The van der Waals surface area contributed by atoms with E-state index >= 15 is 0 Å². The second-order valence-electron chi connectivity index (χ2n) is 5.98. The lowest BCUT2D eigenvalue weighted by molar-refractivity contribution is 0.241.